The zero-order valence-electron chi connectivity index (χ0n) is 21.5. The molecule has 1 unspecified atom stereocenters. The van der Waals surface area contributed by atoms with E-state index in [-0.39, 0.29) is 17.9 Å². The number of carboxylic acid groups (broad SMARTS) is 1. The number of imidazole rings is 1. The summed E-state index contributed by atoms with van der Waals surface area (Å²) in [5.41, 5.74) is 7.07. The van der Waals surface area contributed by atoms with Crippen molar-refractivity contribution in [1.82, 2.24) is 14.5 Å². The van der Waals surface area contributed by atoms with E-state index in [4.69, 9.17) is 9.72 Å². The molecule has 2 aliphatic rings. The Labute approximate surface area is 212 Å². The second-order valence-electron chi connectivity index (χ2n) is 10.6. The van der Waals surface area contributed by atoms with Crippen LogP contribution < -0.4 is 0 Å². The lowest BCUT2D eigenvalue weighted by atomic mass is 9.81. The highest BCUT2D eigenvalue weighted by molar-refractivity contribution is 5.82. The number of aliphatic hydroxyl groups is 1. The van der Waals surface area contributed by atoms with Crippen LogP contribution in [0.5, 0.6) is 0 Å². The SMILES string of the molecule is COC(O)N1CCc2ccc3c(nc([C@@H]4CCC[C@@H](C(=O)O)C4)n3[C@H](C)Cc3ccccc3C)c2C1. The van der Waals surface area contributed by atoms with E-state index in [1.807, 2.05) is 4.90 Å². The maximum atomic E-state index is 11.9. The van der Waals surface area contributed by atoms with Crippen molar-refractivity contribution in [3.05, 3.63) is 64.5 Å². The van der Waals surface area contributed by atoms with Gasteiger partial charge in [-0.25, -0.2) is 4.98 Å². The molecule has 0 bridgehead atoms. The first-order valence-electron chi connectivity index (χ1n) is 13.1. The minimum atomic E-state index is -0.940. The summed E-state index contributed by atoms with van der Waals surface area (Å²) in [7, 11) is 1.52. The Kier molecular flexibility index (Phi) is 7.15. The number of benzene rings is 2. The van der Waals surface area contributed by atoms with E-state index in [0.717, 1.165) is 61.1 Å². The molecular formula is C29H37N3O4. The predicted octanol–water partition coefficient (Wildman–Crippen LogP) is 4.79. The summed E-state index contributed by atoms with van der Waals surface area (Å²) in [6.07, 6.45) is 4.01. The zero-order chi connectivity index (χ0) is 25.4. The van der Waals surface area contributed by atoms with Crippen molar-refractivity contribution in [2.45, 2.75) is 77.3 Å². The van der Waals surface area contributed by atoms with E-state index in [2.05, 4.69) is 54.8 Å². The van der Waals surface area contributed by atoms with Crippen molar-refractivity contribution >= 4 is 17.0 Å². The van der Waals surface area contributed by atoms with Crippen LogP contribution in [0.2, 0.25) is 0 Å². The lowest BCUT2D eigenvalue weighted by Gasteiger charge is -2.31. The van der Waals surface area contributed by atoms with Crippen LogP contribution >= 0.6 is 0 Å². The molecule has 192 valence electrons. The molecule has 1 aliphatic carbocycles. The predicted molar refractivity (Wildman–Crippen MR) is 139 cm³/mol. The van der Waals surface area contributed by atoms with Gasteiger partial charge in [-0.05, 0) is 74.3 Å². The molecule has 0 saturated heterocycles. The Bertz CT molecular complexity index is 1250. The van der Waals surface area contributed by atoms with Crippen LogP contribution in [-0.4, -0.2) is 50.7 Å². The van der Waals surface area contributed by atoms with Gasteiger partial charge in [0.2, 0.25) is 6.41 Å². The smallest absolute Gasteiger partial charge is 0.306 e. The molecule has 2 aromatic carbocycles. The minimum Gasteiger partial charge on any atom is -0.481 e. The lowest BCUT2D eigenvalue weighted by Crippen LogP contribution is -2.40. The van der Waals surface area contributed by atoms with Gasteiger partial charge in [-0.1, -0.05) is 36.8 Å². The van der Waals surface area contributed by atoms with Crippen molar-refractivity contribution in [3.63, 3.8) is 0 Å². The van der Waals surface area contributed by atoms with Crippen LogP contribution in [0.4, 0.5) is 0 Å². The van der Waals surface area contributed by atoms with Crippen LogP contribution in [0, 0.1) is 12.8 Å². The normalized spacial score (nSPS) is 22.3. The Morgan fingerprint density at radius 2 is 2.03 bits per heavy atom. The Balaban J connectivity index is 1.60. The van der Waals surface area contributed by atoms with E-state index in [0.29, 0.717) is 13.0 Å². The molecule has 0 amide bonds. The van der Waals surface area contributed by atoms with Gasteiger partial charge in [-0.15, -0.1) is 0 Å². The minimum absolute atomic E-state index is 0.117. The number of aryl methyl sites for hydroxylation is 1. The summed E-state index contributed by atoms with van der Waals surface area (Å²) in [5.74, 6) is 0.114. The number of hydrogen-bond acceptors (Lipinski definition) is 5. The van der Waals surface area contributed by atoms with Crippen molar-refractivity contribution in [1.29, 1.82) is 0 Å². The van der Waals surface area contributed by atoms with Crippen LogP contribution in [-0.2, 0) is 28.9 Å². The molecule has 1 saturated carbocycles. The first kappa shape index (κ1) is 24.9. The van der Waals surface area contributed by atoms with E-state index in [1.165, 1.54) is 23.8 Å². The maximum absolute atomic E-state index is 11.9. The fourth-order valence-electron chi connectivity index (χ4n) is 6.22. The van der Waals surface area contributed by atoms with Gasteiger partial charge in [-0.3, -0.25) is 9.69 Å². The van der Waals surface area contributed by atoms with E-state index < -0.39 is 12.4 Å². The fraction of sp³-hybridized carbons (Fsp3) is 0.517. The molecule has 0 spiro atoms. The summed E-state index contributed by atoms with van der Waals surface area (Å²) in [6, 6.07) is 13.1. The standard InChI is InChI=1S/C29H37N3O4/c1-18-7-4-5-8-21(18)15-19(2)32-25-12-11-20-13-14-31(29(35)36-3)17-24(20)26(25)30-27(32)22-9-6-10-23(16-22)28(33)34/h4-5,7-8,11-12,19,22-23,29,35H,6,9-10,13-17H2,1-3H3,(H,33,34)/t19-,22-,23-,29?/m1/s1. The summed E-state index contributed by atoms with van der Waals surface area (Å²) in [6.45, 7) is 5.70. The Morgan fingerprint density at radius 3 is 2.78 bits per heavy atom. The van der Waals surface area contributed by atoms with Crippen LogP contribution in [0.3, 0.4) is 0 Å². The number of carboxylic acids is 1. The Hall–Kier alpha value is -2.74. The molecule has 1 fully saturated rings. The number of rotatable bonds is 7. The molecule has 3 aromatic rings. The number of ether oxygens (including phenoxy) is 1. The first-order valence-corrected chi connectivity index (χ1v) is 13.1. The average molecular weight is 492 g/mol. The number of aliphatic hydroxyl groups excluding tert-OH is 1. The summed E-state index contributed by atoms with van der Waals surface area (Å²) < 4.78 is 7.57. The third kappa shape index (κ3) is 4.67. The largest absolute Gasteiger partial charge is 0.481 e. The van der Waals surface area contributed by atoms with Crippen LogP contribution in [0.25, 0.3) is 11.0 Å². The topological polar surface area (TPSA) is 87.8 Å². The molecule has 4 atom stereocenters. The number of aromatic nitrogens is 2. The quantitative estimate of drug-likeness (QED) is 0.462. The molecule has 36 heavy (non-hydrogen) atoms. The number of fused-ring (bicyclic) bond motifs is 3. The molecule has 7 heteroatoms. The van der Waals surface area contributed by atoms with Gasteiger partial charge in [0.25, 0.3) is 0 Å². The van der Waals surface area contributed by atoms with E-state index in [1.54, 1.807) is 0 Å². The molecule has 5 rings (SSSR count). The van der Waals surface area contributed by atoms with Crippen molar-refractivity contribution in [2.75, 3.05) is 13.7 Å². The number of nitrogens with zero attached hydrogens (tertiary/aromatic N) is 3. The highest BCUT2D eigenvalue weighted by Gasteiger charge is 2.33. The molecule has 7 nitrogen and oxygen atoms in total. The monoisotopic (exact) mass is 491 g/mol. The van der Waals surface area contributed by atoms with Crippen LogP contribution in [0.1, 0.15) is 72.6 Å². The van der Waals surface area contributed by atoms with Gasteiger partial charge in [0.05, 0.1) is 17.0 Å². The molecular weight excluding hydrogens is 454 g/mol. The third-order valence-corrected chi connectivity index (χ3v) is 8.25. The maximum Gasteiger partial charge on any atom is 0.306 e. The van der Waals surface area contributed by atoms with Gasteiger partial charge in [-0.2, -0.15) is 0 Å². The van der Waals surface area contributed by atoms with Crippen LogP contribution in [0.15, 0.2) is 36.4 Å². The van der Waals surface area contributed by atoms with Gasteiger partial charge >= 0.3 is 5.97 Å². The highest BCUT2D eigenvalue weighted by Crippen LogP contribution is 2.40. The molecule has 2 N–H and O–H groups in total. The van der Waals surface area contributed by atoms with Crippen molar-refractivity contribution in [3.8, 4) is 0 Å². The second-order valence-corrected chi connectivity index (χ2v) is 10.6. The molecule has 1 aliphatic heterocycles. The molecule has 0 radical (unpaired) electrons. The molecule has 2 heterocycles. The van der Waals surface area contributed by atoms with E-state index in [9.17, 15) is 15.0 Å². The van der Waals surface area contributed by atoms with Crippen molar-refractivity contribution < 1.29 is 19.7 Å². The number of hydrogen-bond donors (Lipinski definition) is 2. The first-order chi connectivity index (χ1) is 17.4. The van der Waals surface area contributed by atoms with Crippen molar-refractivity contribution in [2.24, 2.45) is 5.92 Å². The summed E-state index contributed by atoms with van der Waals surface area (Å²) >= 11 is 0. The highest BCUT2D eigenvalue weighted by atomic mass is 16.6. The number of methoxy groups -OCH3 is 1. The van der Waals surface area contributed by atoms with E-state index >= 15 is 0 Å². The van der Waals surface area contributed by atoms with Gasteiger partial charge < -0.3 is 19.5 Å². The van der Waals surface area contributed by atoms with Gasteiger partial charge in [0.15, 0.2) is 0 Å². The second kappa shape index (κ2) is 10.3. The Morgan fingerprint density at radius 1 is 1.22 bits per heavy atom. The summed E-state index contributed by atoms with van der Waals surface area (Å²) in [4.78, 5) is 19.1. The number of carbonyl (C=O) groups is 1. The number of aliphatic carboxylic acids is 1. The summed E-state index contributed by atoms with van der Waals surface area (Å²) in [5, 5.41) is 20.1. The van der Waals surface area contributed by atoms with Gasteiger partial charge in [0.1, 0.15) is 5.82 Å². The molecule has 1 aromatic heterocycles. The fourth-order valence-corrected chi connectivity index (χ4v) is 6.22. The zero-order valence-corrected chi connectivity index (χ0v) is 21.5. The van der Waals surface area contributed by atoms with Gasteiger partial charge in [0, 0.05) is 32.2 Å². The lowest BCUT2D eigenvalue weighted by molar-refractivity contribution is -0.181. The average Bonchev–Trinajstić information content (AvgIpc) is 3.29. The third-order valence-electron chi connectivity index (χ3n) is 8.25.